The van der Waals surface area contributed by atoms with Crippen molar-refractivity contribution in [3.05, 3.63) is 35.9 Å². The molecule has 1 aromatic rings. The number of methoxy groups -OCH3 is 2. The summed E-state index contributed by atoms with van der Waals surface area (Å²) in [6, 6.07) is 7.99. The van der Waals surface area contributed by atoms with E-state index in [1.807, 2.05) is 83.8 Å². The summed E-state index contributed by atoms with van der Waals surface area (Å²) in [4.78, 5) is 78.6. The number of rotatable bonds is 29. The van der Waals surface area contributed by atoms with Crippen LogP contribution in [0.4, 0.5) is 0 Å². The Kier molecular flexibility index (Phi) is 23.0. The Morgan fingerprint density at radius 2 is 1.54 bits per heavy atom. The van der Waals surface area contributed by atoms with Crippen LogP contribution in [0.1, 0.15) is 92.6 Å². The molecular formula is C45H76N4O10. The molecule has 14 nitrogen and oxygen atoms in total. The first-order valence-corrected chi connectivity index (χ1v) is 21.5. The lowest BCUT2D eigenvalue weighted by Crippen LogP contribution is -2.54. The largest absolute Gasteiger partial charge is 0.481 e. The normalized spacial score (nSPS) is 18.6. The van der Waals surface area contributed by atoms with E-state index in [1.54, 1.807) is 30.9 Å². The second kappa shape index (κ2) is 26.2. The van der Waals surface area contributed by atoms with Crippen LogP contribution < -0.4 is 5.90 Å². The molecule has 1 fully saturated rings. The number of likely N-dealkylation sites (N-methyl/N-ethyl adjacent to an activating group) is 2. The van der Waals surface area contributed by atoms with Crippen LogP contribution >= 0.6 is 0 Å². The van der Waals surface area contributed by atoms with E-state index in [1.165, 1.54) is 7.11 Å². The van der Waals surface area contributed by atoms with Crippen molar-refractivity contribution >= 4 is 29.4 Å². The minimum absolute atomic E-state index is 0.00151. The number of benzene rings is 1. The van der Waals surface area contributed by atoms with E-state index in [0.29, 0.717) is 32.7 Å². The lowest BCUT2D eigenvalue weighted by Gasteiger charge is -2.41. The first-order valence-electron chi connectivity index (χ1n) is 21.5. The van der Waals surface area contributed by atoms with Crippen molar-refractivity contribution in [3.63, 3.8) is 0 Å². The van der Waals surface area contributed by atoms with Gasteiger partial charge in [-0.05, 0) is 49.6 Å². The topological polar surface area (TPSA) is 178 Å². The fourth-order valence-electron chi connectivity index (χ4n) is 8.80. The third-order valence-electron chi connectivity index (χ3n) is 12.4. The Balaban J connectivity index is 2.25. The molecule has 0 unspecified atom stereocenters. The monoisotopic (exact) mass is 833 g/mol. The van der Waals surface area contributed by atoms with Crippen molar-refractivity contribution in [2.24, 2.45) is 41.4 Å². The summed E-state index contributed by atoms with van der Waals surface area (Å²) in [5.41, 5.74) is 0.844. The second-order valence-corrected chi connectivity index (χ2v) is 17.2. The molecule has 14 heteroatoms. The number of nitrogens with zero attached hydrogens (tertiary/aromatic N) is 3. The number of Topliss-reactive ketones (excluding diaryl/α,β-unsaturated/α-hetero) is 2. The summed E-state index contributed by atoms with van der Waals surface area (Å²) in [6.45, 7) is 15.8. The van der Waals surface area contributed by atoms with Crippen molar-refractivity contribution < 1.29 is 48.1 Å². The van der Waals surface area contributed by atoms with Crippen molar-refractivity contribution in [2.45, 2.75) is 124 Å². The third kappa shape index (κ3) is 15.3. The molecule has 336 valence electrons. The summed E-state index contributed by atoms with van der Waals surface area (Å²) in [7, 11) is 6.72. The van der Waals surface area contributed by atoms with Crippen LogP contribution in [0.5, 0.6) is 0 Å². The van der Waals surface area contributed by atoms with E-state index in [9.17, 15) is 29.1 Å². The molecule has 0 aromatic heterocycles. The number of aliphatic carboxylic acids is 1. The van der Waals surface area contributed by atoms with Gasteiger partial charge in [-0.3, -0.25) is 28.9 Å². The van der Waals surface area contributed by atoms with Crippen LogP contribution in [-0.4, -0.2) is 141 Å². The molecule has 2 rings (SSSR count). The van der Waals surface area contributed by atoms with Gasteiger partial charge in [0.25, 0.3) is 0 Å². The van der Waals surface area contributed by atoms with Gasteiger partial charge < -0.3 is 34.0 Å². The number of carboxylic acid groups (broad SMARTS) is 1. The van der Waals surface area contributed by atoms with Crippen molar-refractivity contribution in [1.82, 2.24) is 14.7 Å². The van der Waals surface area contributed by atoms with E-state index < -0.39 is 54.1 Å². The predicted molar refractivity (Wildman–Crippen MR) is 227 cm³/mol. The fourth-order valence-corrected chi connectivity index (χ4v) is 8.80. The molecule has 1 aromatic carbocycles. The maximum Gasteiger partial charge on any atom is 0.307 e. The number of carboxylic acids is 1. The highest BCUT2D eigenvalue weighted by Gasteiger charge is 2.43. The molecule has 1 aliphatic rings. The highest BCUT2D eigenvalue weighted by molar-refractivity contribution is 5.90. The number of hydrogen-bond acceptors (Lipinski definition) is 11. The quantitative estimate of drug-likeness (QED) is 0.0826. The zero-order valence-corrected chi connectivity index (χ0v) is 37.8. The average Bonchev–Trinajstić information content (AvgIpc) is 3.68. The first kappa shape index (κ1) is 51.9. The van der Waals surface area contributed by atoms with Gasteiger partial charge in [-0.2, -0.15) is 0 Å². The Hall–Kier alpha value is -3.27. The molecule has 3 N–H and O–H groups in total. The minimum atomic E-state index is -1.03. The summed E-state index contributed by atoms with van der Waals surface area (Å²) in [5, 5.41) is 9.97. The molecule has 0 aliphatic carbocycles. The number of nitrogens with two attached hydrogens (primary N) is 1. The third-order valence-corrected chi connectivity index (χ3v) is 12.4. The molecule has 0 spiro atoms. The number of likely N-dealkylation sites (tertiary alicyclic amines) is 1. The molecule has 1 aliphatic heterocycles. The maximum atomic E-state index is 14.5. The summed E-state index contributed by atoms with van der Waals surface area (Å²) < 4.78 is 17.6. The maximum absolute atomic E-state index is 14.5. The van der Waals surface area contributed by atoms with Gasteiger partial charge >= 0.3 is 5.97 Å². The smallest absolute Gasteiger partial charge is 0.307 e. The molecule has 2 amide bonds. The Morgan fingerprint density at radius 3 is 2.08 bits per heavy atom. The Labute approximate surface area is 353 Å². The Morgan fingerprint density at radius 1 is 0.881 bits per heavy atom. The van der Waals surface area contributed by atoms with Gasteiger partial charge in [0, 0.05) is 59.0 Å². The zero-order valence-electron chi connectivity index (χ0n) is 37.8. The van der Waals surface area contributed by atoms with E-state index in [0.717, 1.165) is 18.4 Å². The first-order chi connectivity index (χ1) is 27.9. The fraction of sp³-hybridized carbons (Fsp3) is 0.756. The lowest BCUT2D eigenvalue weighted by atomic mass is 9.83. The summed E-state index contributed by atoms with van der Waals surface area (Å²) in [5.74, 6) is 1.20. The van der Waals surface area contributed by atoms with E-state index in [2.05, 4.69) is 4.84 Å². The van der Waals surface area contributed by atoms with Crippen molar-refractivity contribution in [2.75, 3.05) is 61.2 Å². The van der Waals surface area contributed by atoms with E-state index in [-0.39, 0.29) is 73.4 Å². The van der Waals surface area contributed by atoms with Gasteiger partial charge in [0.1, 0.15) is 5.78 Å². The van der Waals surface area contributed by atoms with Gasteiger partial charge in [0.2, 0.25) is 11.8 Å². The zero-order chi connectivity index (χ0) is 44.4. The molecule has 0 saturated carbocycles. The van der Waals surface area contributed by atoms with Gasteiger partial charge in [-0.15, -0.1) is 0 Å². The summed E-state index contributed by atoms with van der Waals surface area (Å²) >= 11 is 0. The van der Waals surface area contributed by atoms with Crippen LogP contribution in [0, 0.1) is 35.5 Å². The van der Waals surface area contributed by atoms with Gasteiger partial charge in [0.05, 0.1) is 62.5 Å². The van der Waals surface area contributed by atoms with Gasteiger partial charge in [0.15, 0.2) is 5.78 Å². The molecule has 1 heterocycles. The van der Waals surface area contributed by atoms with Crippen LogP contribution in [0.15, 0.2) is 30.3 Å². The number of amides is 2. The summed E-state index contributed by atoms with van der Waals surface area (Å²) in [6.07, 6.45) is 0.961. The SMILES string of the molecule is CC[C@H](C)[C@@H]([C@@H](CC(=O)N1CCC[C@H]1[C@H](OC)[C@@H](C)C(=O)C[C@@H](Cc1ccccc1)C(=O)O)OC)N(C)C(=O)[C@@H](CC(=O)[C@H](C(C)C)N(C)CCOCCON)C(C)C. The molecule has 1 saturated heterocycles. The van der Waals surface area contributed by atoms with Crippen molar-refractivity contribution in [3.8, 4) is 0 Å². The molecule has 59 heavy (non-hydrogen) atoms. The van der Waals surface area contributed by atoms with E-state index in [4.69, 9.17) is 20.1 Å². The number of ether oxygens (including phenoxy) is 3. The van der Waals surface area contributed by atoms with Crippen molar-refractivity contribution in [1.29, 1.82) is 0 Å². The van der Waals surface area contributed by atoms with Gasteiger partial charge in [-0.1, -0.05) is 85.2 Å². The number of ketones is 2. The highest BCUT2D eigenvalue weighted by Crippen LogP contribution is 2.32. The standard InChI is InChI=1S/C45H76N4O10/c1-12-31(6)42(48(9)44(53)35(29(2)3)27-38(51)41(30(4)5)47(8)21-22-58-23-24-59-46)39(56-10)28-40(52)49-20-16-19-36(49)43(57-11)32(7)37(50)26-34(45(54)55)25-33-17-14-13-15-18-33/h13-15,17-18,29-32,34-36,39,41-43H,12,16,19-28,46H2,1-11H3,(H,54,55)/t31-,32-,34+,35-,36-,39+,41-,42-,43+/m0/s1. The predicted octanol–water partition coefficient (Wildman–Crippen LogP) is 4.90. The average molecular weight is 833 g/mol. The van der Waals surface area contributed by atoms with Crippen LogP contribution in [0.3, 0.4) is 0 Å². The van der Waals surface area contributed by atoms with E-state index >= 15 is 0 Å². The molecule has 0 radical (unpaired) electrons. The second-order valence-electron chi connectivity index (χ2n) is 17.2. The van der Waals surface area contributed by atoms with Crippen LogP contribution in [0.25, 0.3) is 0 Å². The van der Waals surface area contributed by atoms with Gasteiger partial charge in [-0.25, -0.2) is 5.90 Å². The highest BCUT2D eigenvalue weighted by atomic mass is 16.6. The molecule has 0 bridgehead atoms. The number of carbonyl (C=O) groups excluding carboxylic acids is 4. The van der Waals surface area contributed by atoms with Crippen LogP contribution in [0.2, 0.25) is 0 Å². The molecule has 9 atom stereocenters. The Bertz CT molecular complexity index is 1440. The number of carbonyl (C=O) groups is 5. The minimum Gasteiger partial charge on any atom is -0.481 e. The van der Waals surface area contributed by atoms with Crippen LogP contribution in [-0.2, 0) is 49.4 Å². The molecular weight excluding hydrogens is 757 g/mol. The lowest BCUT2D eigenvalue weighted by molar-refractivity contribution is -0.149. The number of hydrogen-bond donors (Lipinski definition) is 2.